The maximum absolute atomic E-state index is 3.21. The van der Waals surface area contributed by atoms with Crippen molar-refractivity contribution in [3.8, 4) is 0 Å². The zero-order chi connectivity index (χ0) is 7.97. The summed E-state index contributed by atoms with van der Waals surface area (Å²) >= 11 is 1.79. The van der Waals surface area contributed by atoms with Crippen molar-refractivity contribution < 1.29 is 0 Å². The standard InChI is InChI=1S/C10H7NS/c1-2-10-8(4-6-12-10)7-3-5-11-9(1)7/h1-6,11H. The average molecular weight is 173 g/mol. The first-order valence-electron chi connectivity index (χ1n) is 3.88. The highest BCUT2D eigenvalue weighted by molar-refractivity contribution is 7.17. The van der Waals surface area contributed by atoms with E-state index in [1.807, 2.05) is 6.20 Å². The quantitative estimate of drug-likeness (QED) is 0.536. The minimum atomic E-state index is 1.22. The normalized spacial score (nSPS) is 11.3. The van der Waals surface area contributed by atoms with E-state index in [9.17, 15) is 0 Å². The van der Waals surface area contributed by atoms with Crippen LogP contribution in [-0.2, 0) is 0 Å². The highest BCUT2D eigenvalue weighted by Crippen LogP contribution is 2.28. The Hall–Kier alpha value is -1.28. The topological polar surface area (TPSA) is 15.8 Å². The third-order valence-electron chi connectivity index (χ3n) is 2.17. The van der Waals surface area contributed by atoms with Gasteiger partial charge in [-0.2, -0.15) is 0 Å². The lowest BCUT2D eigenvalue weighted by Gasteiger charge is -1.90. The van der Waals surface area contributed by atoms with Gasteiger partial charge in [-0.1, -0.05) is 0 Å². The van der Waals surface area contributed by atoms with Crippen LogP contribution in [0.4, 0.5) is 0 Å². The van der Waals surface area contributed by atoms with Crippen LogP contribution >= 0.6 is 11.3 Å². The minimum Gasteiger partial charge on any atom is -0.361 e. The van der Waals surface area contributed by atoms with E-state index < -0.39 is 0 Å². The fraction of sp³-hybridized carbons (Fsp3) is 0. The van der Waals surface area contributed by atoms with Crippen LogP contribution in [0, 0.1) is 0 Å². The summed E-state index contributed by atoms with van der Waals surface area (Å²) in [4.78, 5) is 3.21. The molecule has 0 aliphatic heterocycles. The van der Waals surface area contributed by atoms with Crippen molar-refractivity contribution in [2.45, 2.75) is 0 Å². The number of thiophene rings is 1. The van der Waals surface area contributed by atoms with Crippen LogP contribution in [0.2, 0.25) is 0 Å². The molecule has 2 heterocycles. The number of benzene rings is 1. The summed E-state index contributed by atoms with van der Waals surface area (Å²) in [6, 6.07) is 8.60. The minimum absolute atomic E-state index is 1.22. The summed E-state index contributed by atoms with van der Waals surface area (Å²) in [6.45, 7) is 0. The van der Waals surface area contributed by atoms with E-state index in [0.29, 0.717) is 0 Å². The molecule has 0 aliphatic carbocycles. The Labute approximate surface area is 73.6 Å². The molecule has 1 aromatic carbocycles. The van der Waals surface area contributed by atoms with E-state index in [1.54, 1.807) is 11.3 Å². The first-order valence-corrected chi connectivity index (χ1v) is 4.76. The molecular formula is C10H7NS. The SMILES string of the molecule is c1cc2c(ccc3sccc32)[nH]1. The largest absolute Gasteiger partial charge is 0.361 e. The van der Waals surface area contributed by atoms with Gasteiger partial charge in [0, 0.05) is 27.2 Å². The van der Waals surface area contributed by atoms with Gasteiger partial charge in [0.1, 0.15) is 0 Å². The van der Waals surface area contributed by atoms with Gasteiger partial charge >= 0.3 is 0 Å². The molecule has 0 amide bonds. The second-order valence-electron chi connectivity index (χ2n) is 2.84. The summed E-state index contributed by atoms with van der Waals surface area (Å²) in [5.74, 6) is 0. The fourth-order valence-corrected chi connectivity index (χ4v) is 2.39. The first-order chi connectivity index (χ1) is 5.95. The monoisotopic (exact) mass is 173 g/mol. The Morgan fingerprint density at radius 3 is 3.00 bits per heavy atom. The Morgan fingerprint density at radius 1 is 1.00 bits per heavy atom. The van der Waals surface area contributed by atoms with E-state index in [1.165, 1.54) is 21.0 Å². The predicted molar refractivity (Wildman–Crippen MR) is 53.7 cm³/mol. The zero-order valence-electron chi connectivity index (χ0n) is 6.37. The first kappa shape index (κ1) is 6.26. The van der Waals surface area contributed by atoms with Gasteiger partial charge in [-0.3, -0.25) is 0 Å². The molecule has 3 aromatic rings. The molecule has 0 saturated heterocycles. The summed E-state index contributed by atoms with van der Waals surface area (Å²) in [6.07, 6.45) is 1.99. The van der Waals surface area contributed by atoms with Crippen molar-refractivity contribution in [1.82, 2.24) is 4.98 Å². The Bertz CT molecular complexity index is 483. The molecule has 2 heteroatoms. The molecule has 1 nitrogen and oxygen atoms in total. The molecule has 0 saturated carbocycles. The maximum Gasteiger partial charge on any atom is 0.0461 e. The zero-order valence-corrected chi connectivity index (χ0v) is 7.19. The predicted octanol–water partition coefficient (Wildman–Crippen LogP) is 3.38. The Kier molecular flexibility index (Phi) is 1.10. The van der Waals surface area contributed by atoms with Gasteiger partial charge in [0.25, 0.3) is 0 Å². The van der Waals surface area contributed by atoms with Crippen molar-refractivity contribution in [3.05, 3.63) is 35.8 Å². The van der Waals surface area contributed by atoms with Gasteiger partial charge < -0.3 is 4.98 Å². The van der Waals surface area contributed by atoms with Crippen LogP contribution in [0.5, 0.6) is 0 Å². The second-order valence-corrected chi connectivity index (χ2v) is 3.78. The second kappa shape index (κ2) is 2.11. The molecule has 0 spiro atoms. The molecule has 0 atom stereocenters. The number of nitrogens with one attached hydrogen (secondary N) is 1. The molecule has 2 aromatic heterocycles. The number of aromatic amines is 1. The van der Waals surface area contributed by atoms with Crippen LogP contribution < -0.4 is 0 Å². The van der Waals surface area contributed by atoms with E-state index in [4.69, 9.17) is 0 Å². The number of fused-ring (bicyclic) bond motifs is 3. The van der Waals surface area contributed by atoms with Crippen LogP contribution in [0.1, 0.15) is 0 Å². The molecule has 12 heavy (non-hydrogen) atoms. The van der Waals surface area contributed by atoms with Crippen LogP contribution in [-0.4, -0.2) is 4.98 Å². The van der Waals surface area contributed by atoms with Gasteiger partial charge in [0.05, 0.1) is 0 Å². The lowest BCUT2D eigenvalue weighted by atomic mass is 10.2. The number of aromatic nitrogens is 1. The molecule has 58 valence electrons. The Morgan fingerprint density at radius 2 is 2.00 bits per heavy atom. The maximum atomic E-state index is 3.21. The van der Waals surface area contributed by atoms with Gasteiger partial charge in [0.2, 0.25) is 0 Å². The summed E-state index contributed by atoms with van der Waals surface area (Å²) < 4.78 is 1.36. The highest BCUT2D eigenvalue weighted by atomic mass is 32.1. The van der Waals surface area contributed by atoms with E-state index in [2.05, 4.69) is 34.6 Å². The summed E-state index contributed by atoms with van der Waals surface area (Å²) in [7, 11) is 0. The number of rotatable bonds is 0. The van der Waals surface area contributed by atoms with Crippen molar-refractivity contribution in [1.29, 1.82) is 0 Å². The molecule has 0 aliphatic rings. The van der Waals surface area contributed by atoms with Crippen molar-refractivity contribution in [3.63, 3.8) is 0 Å². The van der Waals surface area contributed by atoms with Crippen molar-refractivity contribution in [2.75, 3.05) is 0 Å². The van der Waals surface area contributed by atoms with E-state index >= 15 is 0 Å². The van der Waals surface area contributed by atoms with Gasteiger partial charge in [-0.25, -0.2) is 0 Å². The number of hydrogen-bond acceptors (Lipinski definition) is 1. The van der Waals surface area contributed by atoms with Gasteiger partial charge in [-0.05, 0) is 29.6 Å². The lowest BCUT2D eigenvalue weighted by molar-refractivity contribution is 1.48. The molecule has 0 fully saturated rings. The van der Waals surface area contributed by atoms with Crippen molar-refractivity contribution >= 4 is 32.3 Å². The fourth-order valence-electron chi connectivity index (χ4n) is 1.59. The van der Waals surface area contributed by atoms with E-state index in [-0.39, 0.29) is 0 Å². The third kappa shape index (κ3) is 0.676. The third-order valence-corrected chi connectivity index (χ3v) is 3.05. The number of H-pyrrole nitrogens is 1. The van der Waals surface area contributed by atoms with Crippen molar-refractivity contribution in [2.24, 2.45) is 0 Å². The average Bonchev–Trinajstić information content (AvgIpc) is 2.71. The Balaban J connectivity index is 2.71. The number of hydrogen-bond donors (Lipinski definition) is 1. The molecule has 0 unspecified atom stereocenters. The van der Waals surface area contributed by atoms with Crippen LogP contribution in [0.3, 0.4) is 0 Å². The highest BCUT2D eigenvalue weighted by Gasteiger charge is 2.00. The van der Waals surface area contributed by atoms with Crippen LogP contribution in [0.15, 0.2) is 35.8 Å². The molecule has 1 N–H and O–H groups in total. The molecule has 0 bridgehead atoms. The van der Waals surface area contributed by atoms with Gasteiger partial charge in [0.15, 0.2) is 0 Å². The summed E-state index contributed by atoms with van der Waals surface area (Å²) in [5, 5.41) is 4.82. The smallest absolute Gasteiger partial charge is 0.0461 e. The molecular weight excluding hydrogens is 166 g/mol. The molecule has 3 rings (SSSR count). The van der Waals surface area contributed by atoms with E-state index in [0.717, 1.165) is 0 Å². The van der Waals surface area contributed by atoms with Crippen LogP contribution in [0.25, 0.3) is 21.0 Å². The molecule has 0 radical (unpaired) electrons. The summed E-state index contributed by atoms with van der Waals surface area (Å²) in [5.41, 5.74) is 1.22. The van der Waals surface area contributed by atoms with Gasteiger partial charge in [-0.15, -0.1) is 11.3 Å². The lowest BCUT2D eigenvalue weighted by Crippen LogP contribution is -1.66.